The molecule has 1 aliphatic rings. The van der Waals surface area contributed by atoms with Gasteiger partial charge in [0.2, 0.25) is 5.82 Å². The van der Waals surface area contributed by atoms with E-state index in [0.29, 0.717) is 13.1 Å². The third-order valence-electron chi connectivity index (χ3n) is 2.76. The summed E-state index contributed by atoms with van der Waals surface area (Å²) in [5, 5.41) is -0.189. The van der Waals surface area contributed by atoms with Crippen molar-refractivity contribution in [3.05, 3.63) is 17.0 Å². The Balaban J connectivity index is 2.25. The number of alkyl halides is 3. The minimum atomic E-state index is -4.58. The van der Waals surface area contributed by atoms with E-state index in [4.69, 9.17) is 11.6 Å². The lowest BCUT2D eigenvalue weighted by molar-refractivity contribution is -0.144. The van der Waals surface area contributed by atoms with Gasteiger partial charge in [0.25, 0.3) is 0 Å². The molecule has 1 aliphatic heterocycles. The van der Waals surface area contributed by atoms with E-state index in [1.54, 1.807) is 4.90 Å². The Labute approximate surface area is 107 Å². The van der Waals surface area contributed by atoms with Crippen molar-refractivity contribution in [2.45, 2.75) is 6.18 Å². The van der Waals surface area contributed by atoms with Crippen LogP contribution in [0.25, 0.3) is 0 Å². The van der Waals surface area contributed by atoms with E-state index in [1.807, 2.05) is 7.05 Å². The molecule has 0 saturated carbocycles. The van der Waals surface area contributed by atoms with Crippen molar-refractivity contribution in [1.29, 1.82) is 0 Å². The summed E-state index contributed by atoms with van der Waals surface area (Å²) >= 11 is 5.62. The standard InChI is InChI=1S/C10H12ClF3N4/c1-17-2-4-18(5-3-17)8-6-7(11)15-9(16-8)10(12,13)14/h6H,2-5H2,1H3. The first-order valence-electron chi connectivity index (χ1n) is 5.41. The summed E-state index contributed by atoms with van der Waals surface area (Å²) in [6, 6.07) is 1.36. The molecule has 0 unspecified atom stereocenters. The maximum absolute atomic E-state index is 12.6. The lowest BCUT2D eigenvalue weighted by atomic mass is 10.3. The molecule has 0 bridgehead atoms. The highest BCUT2D eigenvalue weighted by molar-refractivity contribution is 6.29. The molecule has 8 heteroatoms. The van der Waals surface area contributed by atoms with Crippen LogP contribution < -0.4 is 4.90 Å². The molecule has 0 atom stereocenters. The van der Waals surface area contributed by atoms with Crippen molar-refractivity contribution in [2.75, 3.05) is 38.1 Å². The zero-order valence-corrected chi connectivity index (χ0v) is 10.5. The molecule has 0 radical (unpaired) electrons. The topological polar surface area (TPSA) is 32.3 Å². The van der Waals surface area contributed by atoms with Crippen LogP contribution >= 0.6 is 11.6 Å². The first-order valence-corrected chi connectivity index (χ1v) is 5.79. The third kappa shape index (κ3) is 3.02. The molecule has 1 aromatic heterocycles. The van der Waals surface area contributed by atoms with E-state index >= 15 is 0 Å². The van der Waals surface area contributed by atoms with Crippen LogP contribution in [0.15, 0.2) is 6.07 Å². The quantitative estimate of drug-likeness (QED) is 0.736. The van der Waals surface area contributed by atoms with E-state index in [9.17, 15) is 13.2 Å². The van der Waals surface area contributed by atoms with Crippen LogP contribution in [0, 0.1) is 0 Å². The summed E-state index contributed by atoms with van der Waals surface area (Å²) in [6.45, 7) is 2.81. The van der Waals surface area contributed by atoms with Gasteiger partial charge in [0.1, 0.15) is 11.0 Å². The molecule has 0 aliphatic carbocycles. The van der Waals surface area contributed by atoms with Crippen molar-refractivity contribution >= 4 is 17.4 Å². The molecule has 4 nitrogen and oxygen atoms in total. The monoisotopic (exact) mass is 280 g/mol. The van der Waals surface area contributed by atoms with Gasteiger partial charge in [0, 0.05) is 32.2 Å². The lowest BCUT2D eigenvalue weighted by Crippen LogP contribution is -2.45. The Bertz CT molecular complexity index is 430. The second-order valence-corrected chi connectivity index (χ2v) is 4.55. The van der Waals surface area contributed by atoms with Gasteiger partial charge in [-0.2, -0.15) is 13.2 Å². The minimum Gasteiger partial charge on any atom is -0.354 e. The molecule has 2 heterocycles. The Morgan fingerprint density at radius 1 is 1.17 bits per heavy atom. The molecule has 1 aromatic rings. The van der Waals surface area contributed by atoms with Gasteiger partial charge < -0.3 is 9.80 Å². The van der Waals surface area contributed by atoms with Crippen LogP contribution in [0.2, 0.25) is 5.15 Å². The lowest BCUT2D eigenvalue weighted by Gasteiger charge is -2.33. The van der Waals surface area contributed by atoms with Crippen LogP contribution in [0.1, 0.15) is 5.82 Å². The molecular weight excluding hydrogens is 269 g/mol. The van der Waals surface area contributed by atoms with Gasteiger partial charge in [0.05, 0.1) is 0 Å². The normalized spacial score (nSPS) is 18.2. The molecule has 100 valence electrons. The maximum Gasteiger partial charge on any atom is 0.451 e. The van der Waals surface area contributed by atoms with Crippen LogP contribution in [0.5, 0.6) is 0 Å². The summed E-state index contributed by atoms with van der Waals surface area (Å²) in [5.41, 5.74) is 0. The van der Waals surface area contributed by atoms with Gasteiger partial charge in [-0.3, -0.25) is 0 Å². The first kappa shape index (κ1) is 13.4. The van der Waals surface area contributed by atoms with Crippen LogP contribution in [0.3, 0.4) is 0 Å². The molecule has 1 saturated heterocycles. The van der Waals surface area contributed by atoms with Crippen molar-refractivity contribution < 1.29 is 13.2 Å². The smallest absolute Gasteiger partial charge is 0.354 e. The van der Waals surface area contributed by atoms with E-state index in [0.717, 1.165) is 13.1 Å². The second kappa shape index (κ2) is 4.89. The molecule has 18 heavy (non-hydrogen) atoms. The zero-order valence-electron chi connectivity index (χ0n) is 9.71. The van der Waals surface area contributed by atoms with Crippen molar-refractivity contribution in [2.24, 2.45) is 0 Å². The predicted octanol–water partition coefficient (Wildman–Crippen LogP) is 1.90. The van der Waals surface area contributed by atoms with Crippen LogP contribution in [0.4, 0.5) is 19.0 Å². The van der Waals surface area contributed by atoms with Gasteiger partial charge in [-0.15, -0.1) is 0 Å². The predicted molar refractivity (Wildman–Crippen MR) is 61.8 cm³/mol. The van der Waals surface area contributed by atoms with Gasteiger partial charge in [-0.25, -0.2) is 9.97 Å². The Kier molecular flexibility index (Phi) is 3.63. The molecule has 0 amide bonds. The number of rotatable bonds is 1. The number of nitrogens with zero attached hydrogens (tertiary/aromatic N) is 4. The zero-order chi connectivity index (χ0) is 13.3. The van der Waals surface area contributed by atoms with E-state index in [-0.39, 0.29) is 11.0 Å². The fourth-order valence-corrected chi connectivity index (χ4v) is 1.91. The molecule has 2 rings (SSSR count). The highest BCUT2D eigenvalue weighted by Gasteiger charge is 2.35. The van der Waals surface area contributed by atoms with Crippen molar-refractivity contribution in [3.63, 3.8) is 0 Å². The third-order valence-corrected chi connectivity index (χ3v) is 2.96. The number of piperazine rings is 1. The molecule has 1 fully saturated rings. The summed E-state index contributed by atoms with van der Waals surface area (Å²) in [6.07, 6.45) is -4.58. The molecule has 0 spiro atoms. The van der Waals surface area contributed by atoms with E-state index in [1.165, 1.54) is 6.07 Å². The second-order valence-electron chi connectivity index (χ2n) is 4.16. The average Bonchev–Trinajstić information content (AvgIpc) is 2.28. The highest BCUT2D eigenvalue weighted by Crippen LogP contribution is 2.29. The SMILES string of the molecule is CN1CCN(c2cc(Cl)nc(C(F)(F)F)n2)CC1. The molecular formula is C10H12ClF3N4. The van der Waals surface area contributed by atoms with E-state index in [2.05, 4.69) is 14.9 Å². The number of hydrogen-bond donors (Lipinski definition) is 0. The van der Waals surface area contributed by atoms with Crippen molar-refractivity contribution in [3.8, 4) is 0 Å². The summed E-state index contributed by atoms with van der Waals surface area (Å²) in [5.74, 6) is -0.959. The summed E-state index contributed by atoms with van der Waals surface area (Å²) in [4.78, 5) is 10.6. The average molecular weight is 281 g/mol. The number of hydrogen-bond acceptors (Lipinski definition) is 4. The first-order chi connectivity index (χ1) is 8.36. The molecule has 0 N–H and O–H groups in total. The summed E-state index contributed by atoms with van der Waals surface area (Å²) in [7, 11) is 1.96. The number of anilines is 1. The minimum absolute atomic E-state index is 0.189. The Hall–Kier alpha value is -1.08. The number of likely N-dealkylation sites (N-methyl/N-ethyl adjacent to an activating group) is 1. The van der Waals surface area contributed by atoms with Crippen LogP contribution in [-0.4, -0.2) is 48.1 Å². The van der Waals surface area contributed by atoms with Gasteiger partial charge in [-0.1, -0.05) is 11.6 Å². The Morgan fingerprint density at radius 3 is 2.33 bits per heavy atom. The highest BCUT2D eigenvalue weighted by atomic mass is 35.5. The summed E-state index contributed by atoms with van der Waals surface area (Å²) < 4.78 is 37.7. The maximum atomic E-state index is 12.6. The van der Waals surface area contributed by atoms with E-state index < -0.39 is 12.0 Å². The van der Waals surface area contributed by atoms with Crippen molar-refractivity contribution in [1.82, 2.24) is 14.9 Å². The fourth-order valence-electron chi connectivity index (χ4n) is 1.73. The van der Waals surface area contributed by atoms with Crippen LogP contribution in [-0.2, 0) is 6.18 Å². The number of halogens is 4. The largest absolute Gasteiger partial charge is 0.451 e. The van der Waals surface area contributed by atoms with Gasteiger partial charge in [-0.05, 0) is 7.05 Å². The van der Waals surface area contributed by atoms with Gasteiger partial charge in [0.15, 0.2) is 0 Å². The van der Waals surface area contributed by atoms with Gasteiger partial charge >= 0.3 is 6.18 Å². The molecule has 0 aromatic carbocycles. The Morgan fingerprint density at radius 2 is 1.78 bits per heavy atom. The number of aromatic nitrogens is 2. The fraction of sp³-hybridized carbons (Fsp3) is 0.600.